The number of carbonyl (C=O) groups is 3. The number of benzene rings is 2. The van der Waals surface area contributed by atoms with Crippen molar-refractivity contribution in [2.75, 3.05) is 14.2 Å². The van der Waals surface area contributed by atoms with Crippen LogP contribution in [0.15, 0.2) is 60.9 Å². The van der Waals surface area contributed by atoms with Crippen LogP contribution in [-0.2, 0) is 19.1 Å². The maximum absolute atomic E-state index is 13.2. The number of carbonyl (C=O) groups excluding carboxylic acids is 3. The molecule has 7 N–H and O–H groups in total. The fourth-order valence-electron chi connectivity index (χ4n) is 5.74. The van der Waals surface area contributed by atoms with E-state index in [2.05, 4.69) is 36.0 Å². The fraction of sp³-hybridized carbons (Fsp3) is 0.475. The molecule has 3 amide bonds. The Morgan fingerprint density at radius 1 is 0.630 bits per heavy atom. The Balaban J connectivity index is 1.48. The lowest BCUT2D eigenvalue weighted by Gasteiger charge is -2.34. The Bertz CT molecular complexity index is 1900. The molecule has 0 bridgehead atoms. The van der Waals surface area contributed by atoms with E-state index in [-0.39, 0.29) is 17.2 Å². The van der Waals surface area contributed by atoms with Crippen LogP contribution in [0.25, 0.3) is 33.6 Å². The van der Waals surface area contributed by atoms with Crippen molar-refractivity contribution in [3.63, 3.8) is 0 Å². The molecule has 0 spiro atoms. The van der Waals surface area contributed by atoms with Crippen LogP contribution in [-0.4, -0.2) is 74.7 Å². The number of alkyl carbamates (subject to hydrolysis) is 1. The predicted molar refractivity (Wildman–Crippen MR) is 208 cm³/mol. The number of imidazole rings is 2. The van der Waals surface area contributed by atoms with Crippen LogP contribution in [0.5, 0.6) is 0 Å². The maximum Gasteiger partial charge on any atom is 0.407 e. The van der Waals surface area contributed by atoms with E-state index >= 15 is 0 Å². The van der Waals surface area contributed by atoms with E-state index in [9.17, 15) is 19.5 Å². The van der Waals surface area contributed by atoms with Crippen molar-refractivity contribution >= 4 is 17.9 Å². The lowest BCUT2D eigenvalue weighted by molar-refractivity contribution is -0.141. The molecule has 0 saturated heterocycles. The van der Waals surface area contributed by atoms with Crippen LogP contribution in [0.4, 0.5) is 4.79 Å². The van der Waals surface area contributed by atoms with Gasteiger partial charge in [0.1, 0.15) is 17.2 Å². The lowest BCUT2D eigenvalue weighted by atomic mass is 9.85. The number of aliphatic hydroxyl groups excluding tert-OH is 1. The first-order valence-corrected chi connectivity index (χ1v) is 17.8. The van der Waals surface area contributed by atoms with Gasteiger partial charge in [-0.2, -0.15) is 0 Å². The second kappa shape index (κ2) is 16.1. The van der Waals surface area contributed by atoms with Gasteiger partial charge in [-0.15, -0.1) is 0 Å². The molecule has 0 saturated carbocycles. The molecule has 4 aromatic rings. The molecule has 2 aromatic heterocycles. The Labute approximate surface area is 317 Å². The van der Waals surface area contributed by atoms with E-state index in [1.165, 1.54) is 14.2 Å². The first-order chi connectivity index (χ1) is 25.1. The summed E-state index contributed by atoms with van der Waals surface area (Å²) in [6.45, 7) is 18.6. The standard InChI is InChI=1S/C40H56N8O6/c1-37(2,3)29(45-33(49)39(7,8)47-35(51)53-11)31-41-21-27(43-31)25-17-13-23(14-18-25)24-15-19-26(20-16-24)28-22-42-32(44-28)30(38(4,5)6)46-34(50)40(9,10)48-36(52)54-12/h13-22,29-30,35,47,51H,1-12H3,(H,41,43)(H,42,44)(H,45,49)(H,46,50)(H,48,52)/t29-,30-,35?/m1/s1. The number of nitrogens with one attached hydrogen (secondary N) is 6. The van der Waals surface area contributed by atoms with Crippen LogP contribution in [0.3, 0.4) is 0 Å². The van der Waals surface area contributed by atoms with E-state index in [1.54, 1.807) is 27.7 Å². The summed E-state index contributed by atoms with van der Waals surface area (Å²) in [4.78, 5) is 54.5. The number of methoxy groups -OCH3 is 2. The number of hydrogen-bond donors (Lipinski definition) is 7. The van der Waals surface area contributed by atoms with Crippen LogP contribution in [0.1, 0.15) is 93.0 Å². The molecule has 2 heterocycles. The van der Waals surface area contributed by atoms with Gasteiger partial charge >= 0.3 is 6.09 Å². The molecule has 3 atom stereocenters. The summed E-state index contributed by atoms with van der Waals surface area (Å²) in [5.74, 6) is 0.531. The smallest absolute Gasteiger partial charge is 0.407 e. The number of aromatic amines is 2. The van der Waals surface area contributed by atoms with E-state index in [0.29, 0.717) is 11.6 Å². The zero-order chi connectivity index (χ0) is 40.2. The third-order valence-electron chi connectivity index (χ3n) is 9.16. The number of amides is 3. The summed E-state index contributed by atoms with van der Waals surface area (Å²) in [7, 11) is 2.60. The molecule has 0 aliphatic rings. The largest absolute Gasteiger partial charge is 0.453 e. The quantitative estimate of drug-likeness (QED) is 0.0808. The van der Waals surface area contributed by atoms with Gasteiger partial charge in [0, 0.05) is 30.6 Å². The fourth-order valence-corrected chi connectivity index (χ4v) is 5.74. The first-order valence-electron chi connectivity index (χ1n) is 17.8. The summed E-state index contributed by atoms with van der Waals surface area (Å²) < 4.78 is 9.55. The molecule has 0 aliphatic heterocycles. The highest BCUT2D eigenvalue weighted by atomic mass is 16.6. The normalized spacial score (nSPS) is 14.2. The number of hydrogen-bond acceptors (Lipinski definition) is 9. The van der Waals surface area contributed by atoms with Crippen LogP contribution >= 0.6 is 0 Å². The molecule has 0 radical (unpaired) electrons. The zero-order valence-corrected chi connectivity index (χ0v) is 33.4. The van der Waals surface area contributed by atoms with Crippen molar-refractivity contribution < 1.29 is 29.0 Å². The van der Waals surface area contributed by atoms with E-state index in [4.69, 9.17) is 14.7 Å². The number of aliphatic hydroxyl groups is 1. The van der Waals surface area contributed by atoms with Crippen LogP contribution < -0.4 is 21.3 Å². The molecule has 1 unspecified atom stereocenters. The Morgan fingerprint density at radius 3 is 1.35 bits per heavy atom. The van der Waals surface area contributed by atoms with Crippen molar-refractivity contribution in [2.45, 2.75) is 98.8 Å². The molecule has 4 rings (SSSR count). The van der Waals surface area contributed by atoms with Crippen LogP contribution in [0, 0.1) is 10.8 Å². The highest BCUT2D eigenvalue weighted by Crippen LogP contribution is 2.35. The van der Waals surface area contributed by atoms with Gasteiger partial charge < -0.3 is 40.5 Å². The van der Waals surface area contributed by atoms with E-state index < -0.39 is 41.1 Å². The number of ether oxygens (including phenoxy) is 2. The number of H-pyrrole nitrogens is 2. The first kappa shape index (κ1) is 41.7. The van der Waals surface area contributed by atoms with Gasteiger partial charge in [0.25, 0.3) is 0 Å². The molecule has 0 fully saturated rings. The lowest BCUT2D eigenvalue weighted by Crippen LogP contribution is -2.58. The van der Waals surface area contributed by atoms with Crippen LogP contribution in [0.2, 0.25) is 0 Å². The maximum atomic E-state index is 13.2. The van der Waals surface area contributed by atoms with Gasteiger partial charge in [-0.05, 0) is 49.7 Å². The predicted octanol–water partition coefficient (Wildman–Crippen LogP) is 5.97. The van der Waals surface area contributed by atoms with Gasteiger partial charge in [0.05, 0.1) is 36.1 Å². The Morgan fingerprint density at radius 2 is 1.00 bits per heavy atom. The summed E-state index contributed by atoms with van der Waals surface area (Å²) in [5, 5.41) is 21.3. The molecular formula is C40H56N8O6. The van der Waals surface area contributed by atoms with Gasteiger partial charge in [-0.1, -0.05) is 90.1 Å². The minimum atomic E-state index is -1.29. The molecule has 14 heteroatoms. The topological polar surface area (TPSA) is 195 Å². The zero-order valence-electron chi connectivity index (χ0n) is 33.4. The highest BCUT2D eigenvalue weighted by Gasteiger charge is 2.38. The summed E-state index contributed by atoms with van der Waals surface area (Å²) in [5.41, 5.74) is 2.25. The minimum absolute atomic E-state index is 0.312. The summed E-state index contributed by atoms with van der Waals surface area (Å²) in [6.07, 6.45) is 1.67. The minimum Gasteiger partial charge on any atom is -0.453 e. The average Bonchev–Trinajstić information content (AvgIpc) is 3.79. The summed E-state index contributed by atoms with van der Waals surface area (Å²) in [6, 6.07) is 15.3. The monoisotopic (exact) mass is 744 g/mol. The van der Waals surface area contributed by atoms with E-state index in [1.807, 2.05) is 102 Å². The number of rotatable bonds is 13. The average molecular weight is 745 g/mol. The van der Waals surface area contributed by atoms with Crippen molar-refractivity contribution in [1.82, 2.24) is 41.2 Å². The number of nitrogens with zero attached hydrogens (tertiary/aromatic N) is 2. The van der Waals surface area contributed by atoms with E-state index in [0.717, 1.165) is 33.6 Å². The molecule has 14 nitrogen and oxygen atoms in total. The van der Waals surface area contributed by atoms with Crippen molar-refractivity contribution in [1.29, 1.82) is 0 Å². The SMILES string of the molecule is COC(=O)NC(C)(C)C(=O)N[C@H](c1nc(-c2ccc(-c3ccc(-c4c[nH]c([C@@H](NC(=O)C(C)(C)NC(O)OC)C(C)(C)C)n4)cc3)cc2)c[nH]1)C(C)(C)C. The Kier molecular flexibility index (Phi) is 12.5. The van der Waals surface area contributed by atoms with Crippen molar-refractivity contribution in [3.05, 3.63) is 72.6 Å². The molecule has 54 heavy (non-hydrogen) atoms. The third kappa shape index (κ3) is 10.1. The Hall–Kier alpha value is -5.05. The summed E-state index contributed by atoms with van der Waals surface area (Å²) >= 11 is 0. The highest BCUT2D eigenvalue weighted by molar-refractivity contribution is 5.89. The van der Waals surface area contributed by atoms with Gasteiger partial charge in [0.15, 0.2) is 0 Å². The second-order valence-corrected chi connectivity index (χ2v) is 16.6. The molecule has 0 aliphatic carbocycles. The molecule has 292 valence electrons. The van der Waals surface area contributed by atoms with Crippen molar-refractivity contribution in [2.24, 2.45) is 10.8 Å². The second-order valence-electron chi connectivity index (χ2n) is 16.6. The third-order valence-corrected chi connectivity index (χ3v) is 9.16. The van der Waals surface area contributed by atoms with Gasteiger partial charge in [0.2, 0.25) is 18.2 Å². The molecular weight excluding hydrogens is 688 g/mol. The van der Waals surface area contributed by atoms with Gasteiger partial charge in [-0.3, -0.25) is 14.9 Å². The molecule has 2 aromatic carbocycles. The van der Waals surface area contributed by atoms with Crippen molar-refractivity contribution in [3.8, 4) is 33.6 Å². The number of aromatic nitrogens is 4. The van der Waals surface area contributed by atoms with Gasteiger partial charge in [-0.25, -0.2) is 14.8 Å².